The molecule has 1 aliphatic rings. The first-order valence-corrected chi connectivity index (χ1v) is 11.5. The number of carbonyl (C=O) groups excluding carboxylic acids is 1. The maximum atomic E-state index is 13.9. The third kappa shape index (κ3) is 6.09. The van der Waals surface area contributed by atoms with E-state index in [0.717, 1.165) is 43.1 Å². The second-order valence-corrected chi connectivity index (χ2v) is 8.45. The van der Waals surface area contributed by atoms with Gasteiger partial charge in [0.2, 0.25) is 0 Å². The number of amides is 1. The number of piperazine rings is 1. The first kappa shape index (κ1) is 23.7. The zero-order valence-electron chi connectivity index (χ0n) is 19.0. The smallest absolute Gasteiger partial charge is 0.257 e. The summed E-state index contributed by atoms with van der Waals surface area (Å²) in [4.78, 5) is 16.9. The quantitative estimate of drug-likeness (QED) is 0.516. The highest BCUT2D eigenvalue weighted by atomic mass is 32.1. The first-order chi connectivity index (χ1) is 16.5. The van der Waals surface area contributed by atoms with E-state index in [2.05, 4.69) is 20.4 Å². The molecule has 0 aliphatic carbocycles. The minimum Gasteiger partial charge on any atom is -0.497 e. The Balaban J connectivity index is 1.25. The van der Waals surface area contributed by atoms with Crippen LogP contribution in [0.15, 0.2) is 72.8 Å². The Morgan fingerprint density at radius 3 is 2.29 bits per heavy atom. The van der Waals surface area contributed by atoms with E-state index in [1.165, 1.54) is 6.07 Å². The summed E-state index contributed by atoms with van der Waals surface area (Å²) in [6.45, 7) is 4.11. The number of anilines is 2. The summed E-state index contributed by atoms with van der Waals surface area (Å²) in [5, 5.41) is 5.97. The fourth-order valence-corrected chi connectivity index (χ4v) is 4.08. The predicted octanol–water partition coefficient (Wildman–Crippen LogP) is 4.28. The zero-order chi connectivity index (χ0) is 23.9. The van der Waals surface area contributed by atoms with Gasteiger partial charge in [-0.25, -0.2) is 4.39 Å². The molecule has 0 atom stereocenters. The second kappa shape index (κ2) is 11.1. The number of ether oxygens (including phenoxy) is 1. The molecule has 0 saturated carbocycles. The molecule has 8 heteroatoms. The van der Waals surface area contributed by atoms with Crippen molar-refractivity contribution >= 4 is 34.6 Å². The highest BCUT2D eigenvalue weighted by Crippen LogP contribution is 2.21. The van der Waals surface area contributed by atoms with Crippen molar-refractivity contribution in [3.05, 3.63) is 89.7 Å². The summed E-state index contributed by atoms with van der Waals surface area (Å²) in [5.74, 6) is 0.250. The predicted molar refractivity (Wildman–Crippen MR) is 137 cm³/mol. The minimum absolute atomic E-state index is 0.147. The number of methoxy groups -OCH3 is 1. The molecule has 0 aromatic heterocycles. The molecule has 6 nitrogen and oxygen atoms in total. The second-order valence-electron chi connectivity index (χ2n) is 8.04. The molecule has 1 heterocycles. The third-order valence-corrected chi connectivity index (χ3v) is 6.00. The lowest BCUT2D eigenvalue weighted by molar-refractivity contribution is 0.0977. The van der Waals surface area contributed by atoms with Crippen LogP contribution in [0.1, 0.15) is 15.9 Å². The van der Waals surface area contributed by atoms with Crippen molar-refractivity contribution in [3.63, 3.8) is 0 Å². The summed E-state index contributed by atoms with van der Waals surface area (Å²) in [6.07, 6.45) is 0. The molecule has 2 N–H and O–H groups in total. The molecule has 1 saturated heterocycles. The minimum atomic E-state index is -0.287. The fraction of sp³-hybridized carbons (Fsp3) is 0.231. The van der Waals surface area contributed by atoms with Crippen LogP contribution in [0.2, 0.25) is 0 Å². The molecule has 0 spiro atoms. The first-order valence-electron chi connectivity index (χ1n) is 11.1. The fourth-order valence-electron chi connectivity index (χ4n) is 3.87. The molecular weight excluding hydrogens is 451 g/mol. The van der Waals surface area contributed by atoms with E-state index in [4.69, 9.17) is 17.0 Å². The monoisotopic (exact) mass is 478 g/mol. The molecule has 0 bridgehead atoms. The molecule has 3 aromatic carbocycles. The average molecular weight is 479 g/mol. The lowest BCUT2D eigenvalue weighted by atomic mass is 10.1. The maximum Gasteiger partial charge on any atom is 0.257 e. The molecule has 1 fully saturated rings. The number of nitrogens with one attached hydrogen (secondary N) is 2. The van der Waals surface area contributed by atoms with E-state index in [1.54, 1.807) is 37.4 Å². The lowest BCUT2D eigenvalue weighted by Crippen LogP contribution is -2.46. The largest absolute Gasteiger partial charge is 0.497 e. The van der Waals surface area contributed by atoms with Crippen LogP contribution in [0.25, 0.3) is 0 Å². The van der Waals surface area contributed by atoms with Gasteiger partial charge in [-0.15, -0.1) is 0 Å². The maximum absolute atomic E-state index is 13.9. The highest BCUT2D eigenvalue weighted by Gasteiger charge is 2.18. The van der Waals surface area contributed by atoms with Gasteiger partial charge < -0.3 is 15.0 Å². The van der Waals surface area contributed by atoms with Crippen molar-refractivity contribution in [3.8, 4) is 5.75 Å². The summed E-state index contributed by atoms with van der Waals surface area (Å²) in [5.41, 5.74) is 3.14. The van der Waals surface area contributed by atoms with Crippen LogP contribution in [0.4, 0.5) is 15.8 Å². The van der Waals surface area contributed by atoms with Gasteiger partial charge in [0.1, 0.15) is 11.6 Å². The van der Waals surface area contributed by atoms with Gasteiger partial charge in [-0.3, -0.25) is 15.0 Å². The van der Waals surface area contributed by atoms with E-state index < -0.39 is 0 Å². The summed E-state index contributed by atoms with van der Waals surface area (Å²) < 4.78 is 19.0. The normalized spacial score (nSPS) is 13.9. The van der Waals surface area contributed by atoms with Gasteiger partial charge in [0.25, 0.3) is 5.91 Å². The number of benzene rings is 3. The van der Waals surface area contributed by atoms with Gasteiger partial charge >= 0.3 is 0 Å². The van der Waals surface area contributed by atoms with Crippen molar-refractivity contribution in [2.45, 2.75) is 6.54 Å². The third-order valence-electron chi connectivity index (χ3n) is 5.79. The molecule has 4 rings (SSSR count). The molecule has 0 unspecified atom stereocenters. The molecule has 3 aromatic rings. The van der Waals surface area contributed by atoms with Crippen LogP contribution in [0, 0.1) is 5.82 Å². The van der Waals surface area contributed by atoms with Gasteiger partial charge in [-0.2, -0.15) is 0 Å². The van der Waals surface area contributed by atoms with Crippen molar-refractivity contribution in [1.82, 2.24) is 10.2 Å². The van der Waals surface area contributed by atoms with Gasteiger partial charge in [-0.1, -0.05) is 18.2 Å². The van der Waals surface area contributed by atoms with Crippen LogP contribution < -0.4 is 20.3 Å². The number of hydrogen-bond acceptors (Lipinski definition) is 5. The van der Waals surface area contributed by atoms with Crippen molar-refractivity contribution in [2.75, 3.05) is 43.5 Å². The molecule has 1 aliphatic heterocycles. The van der Waals surface area contributed by atoms with E-state index in [0.29, 0.717) is 17.9 Å². The Bertz CT molecular complexity index is 1130. The van der Waals surface area contributed by atoms with Gasteiger partial charge in [0, 0.05) is 55.2 Å². The van der Waals surface area contributed by atoms with E-state index in [9.17, 15) is 9.18 Å². The van der Waals surface area contributed by atoms with Crippen LogP contribution >= 0.6 is 12.2 Å². The Kier molecular flexibility index (Phi) is 7.72. The Labute approximate surface area is 204 Å². The number of halogens is 1. The SMILES string of the molecule is COc1ccc(C(=O)NC(=S)Nc2ccc(N3CCN(Cc4ccccc4F)CC3)cc2)cc1. The summed E-state index contributed by atoms with van der Waals surface area (Å²) in [7, 11) is 1.58. The van der Waals surface area contributed by atoms with Crippen LogP contribution in [0.5, 0.6) is 5.75 Å². The molecule has 34 heavy (non-hydrogen) atoms. The molecular formula is C26H27FN4O2S. The molecule has 1 amide bonds. The highest BCUT2D eigenvalue weighted by molar-refractivity contribution is 7.80. The van der Waals surface area contributed by atoms with E-state index >= 15 is 0 Å². The van der Waals surface area contributed by atoms with Gasteiger partial charge in [0.15, 0.2) is 5.11 Å². The van der Waals surface area contributed by atoms with Crippen molar-refractivity contribution < 1.29 is 13.9 Å². The van der Waals surface area contributed by atoms with E-state index in [-0.39, 0.29) is 16.8 Å². The van der Waals surface area contributed by atoms with Crippen molar-refractivity contribution in [1.29, 1.82) is 0 Å². The van der Waals surface area contributed by atoms with E-state index in [1.807, 2.05) is 36.4 Å². The average Bonchev–Trinajstić information content (AvgIpc) is 2.86. The number of carbonyl (C=O) groups is 1. The summed E-state index contributed by atoms with van der Waals surface area (Å²) >= 11 is 5.28. The topological polar surface area (TPSA) is 56.8 Å². The standard InChI is InChI=1S/C26H27FN4O2S/c1-33-23-12-6-19(7-13-23)25(32)29-26(34)28-21-8-10-22(11-9-21)31-16-14-30(15-17-31)18-20-4-2-3-5-24(20)27/h2-13H,14-18H2,1H3,(H2,28,29,32,34). The Morgan fingerprint density at radius 2 is 1.65 bits per heavy atom. The lowest BCUT2D eigenvalue weighted by Gasteiger charge is -2.36. The van der Waals surface area contributed by atoms with Crippen LogP contribution in [-0.2, 0) is 6.54 Å². The van der Waals surface area contributed by atoms with Crippen LogP contribution in [0.3, 0.4) is 0 Å². The van der Waals surface area contributed by atoms with Gasteiger partial charge in [0.05, 0.1) is 7.11 Å². The van der Waals surface area contributed by atoms with Gasteiger partial charge in [-0.05, 0) is 66.8 Å². The zero-order valence-corrected chi connectivity index (χ0v) is 19.8. The molecule has 176 valence electrons. The number of rotatable bonds is 6. The number of thiocarbonyl (C=S) groups is 1. The number of nitrogens with zero attached hydrogens (tertiary/aromatic N) is 2. The molecule has 0 radical (unpaired) electrons. The Hall–Kier alpha value is -3.49. The number of hydrogen-bond donors (Lipinski definition) is 2. The van der Waals surface area contributed by atoms with Crippen molar-refractivity contribution in [2.24, 2.45) is 0 Å². The summed E-state index contributed by atoms with van der Waals surface area (Å²) in [6, 6.07) is 21.7. The van der Waals surface area contributed by atoms with Crippen LogP contribution in [-0.4, -0.2) is 49.2 Å². The Morgan fingerprint density at radius 1 is 0.971 bits per heavy atom.